The summed E-state index contributed by atoms with van der Waals surface area (Å²) in [7, 11) is 0. The Bertz CT molecular complexity index is 1210. The number of ketones is 2. The van der Waals surface area contributed by atoms with Crippen LogP contribution in [0.4, 0.5) is 5.69 Å². The maximum Gasteiger partial charge on any atom is 0.270 e. The number of nitro benzene ring substituents is 1. The van der Waals surface area contributed by atoms with Crippen LogP contribution < -0.4 is 0 Å². The highest BCUT2D eigenvalue weighted by Gasteiger charge is 2.46. The first kappa shape index (κ1) is 20.4. The number of nitrogens with zero attached hydrogens (tertiary/aromatic N) is 2. The van der Waals surface area contributed by atoms with E-state index in [-0.39, 0.29) is 17.2 Å². The van der Waals surface area contributed by atoms with E-state index in [1.165, 1.54) is 30.0 Å². The van der Waals surface area contributed by atoms with Gasteiger partial charge in [0.1, 0.15) is 16.3 Å². The third-order valence-electron chi connectivity index (χ3n) is 6.10. The molecule has 2 aromatic carbocycles. The SMILES string of the molecule is O=C1C(=O)c2ccccc2C2=C1SCC1(CCN(C(=O)c3cccc([N+](=O)[O-])c3)CC1)O2. The number of piperidine rings is 1. The summed E-state index contributed by atoms with van der Waals surface area (Å²) in [5.74, 6) is -0.317. The van der Waals surface area contributed by atoms with Crippen molar-refractivity contribution in [3.63, 3.8) is 0 Å². The van der Waals surface area contributed by atoms with Gasteiger partial charge in [-0.2, -0.15) is 0 Å². The van der Waals surface area contributed by atoms with Crippen LogP contribution >= 0.6 is 11.8 Å². The number of rotatable bonds is 2. The number of carbonyl (C=O) groups is 3. The van der Waals surface area contributed by atoms with Gasteiger partial charge in [0.2, 0.25) is 11.6 Å². The lowest BCUT2D eigenvalue weighted by atomic mass is 9.89. The van der Waals surface area contributed by atoms with Crippen LogP contribution in [0.3, 0.4) is 0 Å². The first-order valence-corrected chi connectivity index (χ1v) is 11.2. The monoisotopic (exact) mass is 450 g/mol. The van der Waals surface area contributed by atoms with Crippen LogP contribution in [0.2, 0.25) is 0 Å². The minimum absolute atomic E-state index is 0.119. The maximum absolute atomic E-state index is 12.9. The number of Topliss-reactive ketones (excluding diaryl/α,β-unsaturated/α-hetero) is 2. The number of allylic oxidation sites excluding steroid dienone is 1. The molecule has 0 unspecified atom stereocenters. The highest BCUT2D eigenvalue weighted by molar-refractivity contribution is 8.04. The second-order valence-electron chi connectivity index (χ2n) is 8.04. The number of likely N-dealkylation sites (tertiary alicyclic amines) is 1. The van der Waals surface area contributed by atoms with E-state index < -0.39 is 22.1 Å². The Hall–Kier alpha value is -3.46. The smallest absolute Gasteiger partial charge is 0.270 e. The number of fused-ring (bicyclic) bond motifs is 2. The Labute approximate surface area is 187 Å². The molecule has 1 amide bonds. The molecule has 0 atom stereocenters. The average molecular weight is 450 g/mol. The summed E-state index contributed by atoms with van der Waals surface area (Å²) in [6.45, 7) is 0.860. The van der Waals surface area contributed by atoms with E-state index in [0.717, 1.165) is 0 Å². The molecule has 9 heteroatoms. The maximum atomic E-state index is 12.9. The van der Waals surface area contributed by atoms with Crippen molar-refractivity contribution >= 4 is 40.7 Å². The number of benzene rings is 2. The van der Waals surface area contributed by atoms with Crippen LogP contribution in [-0.2, 0) is 9.53 Å². The lowest BCUT2D eigenvalue weighted by Crippen LogP contribution is -2.50. The molecule has 8 nitrogen and oxygen atoms in total. The fraction of sp³-hybridized carbons (Fsp3) is 0.261. The molecule has 1 aliphatic carbocycles. The molecule has 0 aromatic heterocycles. The first-order chi connectivity index (χ1) is 15.4. The molecule has 1 fully saturated rings. The summed E-state index contributed by atoms with van der Waals surface area (Å²) >= 11 is 1.34. The van der Waals surface area contributed by atoms with Crippen molar-refractivity contribution in [2.24, 2.45) is 0 Å². The number of non-ortho nitro benzene ring substituents is 1. The second kappa shape index (κ2) is 7.59. The van der Waals surface area contributed by atoms with Crippen LogP contribution in [0.15, 0.2) is 53.4 Å². The summed E-state index contributed by atoms with van der Waals surface area (Å²) < 4.78 is 6.41. The van der Waals surface area contributed by atoms with Crippen molar-refractivity contribution in [2.45, 2.75) is 18.4 Å². The number of hydrogen-bond acceptors (Lipinski definition) is 7. The quantitative estimate of drug-likeness (QED) is 0.392. The molecule has 2 heterocycles. The van der Waals surface area contributed by atoms with E-state index in [1.54, 1.807) is 29.2 Å². The fourth-order valence-electron chi connectivity index (χ4n) is 4.31. The average Bonchev–Trinajstić information content (AvgIpc) is 2.82. The van der Waals surface area contributed by atoms with Crippen LogP contribution in [0.25, 0.3) is 5.76 Å². The predicted molar refractivity (Wildman–Crippen MR) is 117 cm³/mol. The molecule has 2 aliphatic heterocycles. The Morgan fingerprint density at radius 3 is 2.47 bits per heavy atom. The van der Waals surface area contributed by atoms with E-state index >= 15 is 0 Å². The molecule has 162 valence electrons. The van der Waals surface area contributed by atoms with Crippen LogP contribution in [-0.4, -0.2) is 51.7 Å². The fourth-order valence-corrected chi connectivity index (χ4v) is 5.57. The molecule has 0 radical (unpaired) electrons. The van der Waals surface area contributed by atoms with Gasteiger partial charge in [0.05, 0.1) is 4.92 Å². The highest BCUT2D eigenvalue weighted by atomic mass is 32.2. The summed E-state index contributed by atoms with van der Waals surface area (Å²) in [4.78, 5) is 50.4. The standard InChI is InChI=1S/C23H18N2O6S/c26-18-16-6-1-2-7-17(16)20-21(19(18)27)32-13-23(31-20)8-10-24(11-9-23)22(28)14-4-3-5-15(12-14)25(29)30/h1-7,12H,8-11,13H2. The van der Waals surface area contributed by atoms with E-state index in [0.29, 0.717) is 53.5 Å². The van der Waals surface area contributed by atoms with E-state index in [9.17, 15) is 24.5 Å². The van der Waals surface area contributed by atoms with Gasteiger partial charge in [-0.15, -0.1) is 11.8 Å². The molecule has 3 aliphatic rings. The Morgan fingerprint density at radius 1 is 1.03 bits per heavy atom. The number of nitro groups is 1. The third-order valence-corrected chi connectivity index (χ3v) is 7.43. The normalized spacial score (nSPS) is 19.3. The molecule has 0 saturated carbocycles. The number of hydrogen-bond donors (Lipinski definition) is 0. The van der Waals surface area contributed by atoms with Crippen molar-refractivity contribution in [2.75, 3.05) is 18.8 Å². The molecule has 2 aromatic rings. The lowest BCUT2D eigenvalue weighted by molar-refractivity contribution is -0.384. The van der Waals surface area contributed by atoms with Gasteiger partial charge in [0.15, 0.2) is 0 Å². The van der Waals surface area contributed by atoms with Crippen LogP contribution in [0.5, 0.6) is 0 Å². The zero-order valence-corrected chi connectivity index (χ0v) is 17.7. The first-order valence-electron chi connectivity index (χ1n) is 10.2. The van der Waals surface area contributed by atoms with Gasteiger partial charge in [-0.25, -0.2) is 0 Å². The van der Waals surface area contributed by atoms with Crippen molar-refractivity contribution in [1.82, 2.24) is 4.90 Å². The number of carbonyl (C=O) groups excluding carboxylic acids is 3. The zero-order valence-electron chi connectivity index (χ0n) is 16.9. The van der Waals surface area contributed by atoms with Crippen LogP contribution in [0.1, 0.15) is 39.1 Å². The van der Waals surface area contributed by atoms with Crippen LogP contribution in [0, 0.1) is 10.1 Å². The molecular weight excluding hydrogens is 432 g/mol. The summed E-state index contributed by atoms with van der Waals surface area (Å²) in [5, 5.41) is 11.0. The van der Waals surface area contributed by atoms with E-state index in [1.807, 2.05) is 6.07 Å². The van der Waals surface area contributed by atoms with Crippen molar-refractivity contribution < 1.29 is 24.0 Å². The summed E-state index contributed by atoms with van der Waals surface area (Å²) in [6, 6.07) is 12.7. The van der Waals surface area contributed by atoms with E-state index in [2.05, 4.69) is 0 Å². The lowest BCUT2D eigenvalue weighted by Gasteiger charge is -2.45. The zero-order chi connectivity index (χ0) is 22.5. The molecule has 1 saturated heterocycles. The summed E-state index contributed by atoms with van der Waals surface area (Å²) in [6.07, 6.45) is 1.11. The predicted octanol–water partition coefficient (Wildman–Crippen LogP) is 3.47. The van der Waals surface area contributed by atoms with E-state index in [4.69, 9.17) is 4.74 Å². The molecule has 5 rings (SSSR count). The molecule has 1 spiro atoms. The Kier molecular flexibility index (Phi) is 4.85. The largest absolute Gasteiger partial charge is 0.484 e. The van der Waals surface area contributed by atoms with Crippen molar-refractivity contribution in [1.29, 1.82) is 0 Å². The Balaban J connectivity index is 1.35. The van der Waals surface area contributed by atoms with Gasteiger partial charge in [0, 0.05) is 60.5 Å². The molecule has 0 N–H and O–H groups in total. The topological polar surface area (TPSA) is 107 Å². The van der Waals surface area contributed by atoms with Gasteiger partial charge in [-0.3, -0.25) is 24.5 Å². The van der Waals surface area contributed by atoms with Crippen molar-refractivity contribution in [3.8, 4) is 0 Å². The van der Waals surface area contributed by atoms with Gasteiger partial charge in [-0.05, 0) is 6.07 Å². The summed E-state index contributed by atoms with van der Waals surface area (Å²) in [5.41, 5.74) is 0.605. The second-order valence-corrected chi connectivity index (χ2v) is 9.02. The van der Waals surface area contributed by atoms with Gasteiger partial charge in [0.25, 0.3) is 11.6 Å². The van der Waals surface area contributed by atoms with Crippen molar-refractivity contribution in [3.05, 3.63) is 80.2 Å². The third kappa shape index (κ3) is 3.29. The molecule has 0 bridgehead atoms. The number of ether oxygens (including phenoxy) is 1. The highest BCUT2D eigenvalue weighted by Crippen LogP contribution is 2.47. The number of thioether (sulfide) groups is 1. The van der Waals surface area contributed by atoms with Gasteiger partial charge < -0.3 is 9.64 Å². The van der Waals surface area contributed by atoms with Gasteiger partial charge >= 0.3 is 0 Å². The minimum atomic E-state index is -0.545. The number of amides is 1. The Morgan fingerprint density at radius 2 is 1.75 bits per heavy atom. The molecule has 32 heavy (non-hydrogen) atoms. The molecular formula is C23H18N2O6S. The van der Waals surface area contributed by atoms with Gasteiger partial charge in [-0.1, -0.05) is 30.3 Å². The minimum Gasteiger partial charge on any atom is -0.484 e.